The van der Waals surface area contributed by atoms with Crippen molar-refractivity contribution in [1.29, 1.82) is 0 Å². The number of para-hydroxylation sites is 1. The number of nitrogens with one attached hydrogen (secondary N) is 1. The van der Waals surface area contributed by atoms with Crippen LogP contribution in [0.2, 0.25) is 0 Å². The summed E-state index contributed by atoms with van der Waals surface area (Å²) in [5.41, 5.74) is 3.03. The molecule has 1 amide bonds. The minimum absolute atomic E-state index is 0.0206. The van der Waals surface area contributed by atoms with Crippen LogP contribution in [0.25, 0.3) is 0 Å². The lowest BCUT2D eigenvalue weighted by atomic mass is 10.1. The Morgan fingerprint density at radius 1 is 1.41 bits per heavy atom. The van der Waals surface area contributed by atoms with Crippen LogP contribution in [0.15, 0.2) is 18.2 Å². The fourth-order valence-electron chi connectivity index (χ4n) is 1.46. The summed E-state index contributed by atoms with van der Waals surface area (Å²) in [6.45, 7) is 5.95. The molecular weight excluding hydrogens is 234 g/mol. The zero-order chi connectivity index (χ0) is 12.8. The van der Waals surface area contributed by atoms with Crippen molar-refractivity contribution in [1.82, 2.24) is 0 Å². The van der Waals surface area contributed by atoms with Crippen molar-refractivity contribution in [2.75, 3.05) is 17.7 Å². The maximum absolute atomic E-state index is 11.7. The minimum atomic E-state index is -0.0206. The highest BCUT2D eigenvalue weighted by molar-refractivity contribution is 8.00. The number of carbonyl (C=O) groups excluding carboxylic acids is 1. The number of anilines is 1. The molecule has 94 valence electrons. The van der Waals surface area contributed by atoms with Gasteiger partial charge in [-0.05, 0) is 25.0 Å². The first-order chi connectivity index (χ1) is 8.04. The van der Waals surface area contributed by atoms with Gasteiger partial charge in [0.25, 0.3) is 0 Å². The first-order valence-electron chi connectivity index (χ1n) is 5.63. The first-order valence-corrected chi connectivity index (χ1v) is 6.68. The van der Waals surface area contributed by atoms with E-state index in [2.05, 4.69) is 5.32 Å². The van der Waals surface area contributed by atoms with E-state index >= 15 is 0 Å². The summed E-state index contributed by atoms with van der Waals surface area (Å²) in [7, 11) is 0. The number of hydrogen-bond donors (Lipinski definition) is 2. The summed E-state index contributed by atoms with van der Waals surface area (Å²) in [6, 6.07) is 5.93. The van der Waals surface area contributed by atoms with Crippen LogP contribution in [0.4, 0.5) is 5.69 Å². The van der Waals surface area contributed by atoms with E-state index in [4.69, 9.17) is 5.11 Å². The van der Waals surface area contributed by atoms with Crippen molar-refractivity contribution in [3.63, 3.8) is 0 Å². The monoisotopic (exact) mass is 253 g/mol. The van der Waals surface area contributed by atoms with E-state index < -0.39 is 0 Å². The summed E-state index contributed by atoms with van der Waals surface area (Å²) < 4.78 is 0. The Morgan fingerprint density at radius 2 is 2.00 bits per heavy atom. The van der Waals surface area contributed by atoms with Gasteiger partial charge in [-0.25, -0.2) is 0 Å². The largest absolute Gasteiger partial charge is 0.395 e. The molecule has 0 aromatic heterocycles. The molecule has 1 aromatic carbocycles. The molecule has 0 radical (unpaired) electrons. The lowest BCUT2D eigenvalue weighted by molar-refractivity contribution is -0.113. The van der Waals surface area contributed by atoms with Crippen molar-refractivity contribution in [3.05, 3.63) is 29.3 Å². The standard InChI is InChI=1S/C13H19NO2S/c1-9-5-4-6-10(2)13(9)14-12(16)8-17-11(3)7-15/h4-6,11,15H,7-8H2,1-3H3,(H,14,16). The highest BCUT2D eigenvalue weighted by atomic mass is 32.2. The Bertz CT molecular complexity index is 373. The summed E-state index contributed by atoms with van der Waals surface area (Å²) in [6.07, 6.45) is 0. The second kappa shape index (κ2) is 6.67. The third-order valence-corrected chi connectivity index (χ3v) is 3.65. The molecule has 0 heterocycles. The van der Waals surface area contributed by atoms with E-state index in [1.54, 1.807) is 0 Å². The van der Waals surface area contributed by atoms with Gasteiger partial charge in [-0.2, -0.15) is 0 Å². The van der Waals surface area contributed by atoms with Crippen LogP contribution in [0.1, 0.15) is 18.1 Å². The normalized spacial score (nSPS) is 12.2. The van der Waals surface area contributed by atoms with Crippen LogP contribution in [0.3, 0.4) is 0 Å². The van der Waals surface area contributed by atoms with Gasteiger partial charge in [0.2, 0.25) is 5.91 Å². The molecule has 2 N–H and O–H groups in total. The number of aryl methyl sites for hydroxylation is 2. The molecule has 1 unspecified atom stereocenters. The summed E-state index contributed by atoms with van der Waals surface area (Å²) >= 11 is 1.45. The van der Waals surface area contributed by atoms with Gasteiger partial charge in [0.1, 0.15) is 0 Å². The van der Waals surface area contributed by atoms with E-state index in [0.29, 0.717) is 5.75 Å². The predicted octanol–water partition coefficient (Wildman–Crippen LogP) is 2.36. The topological polar surface area (TPSA) is 49.3 Å². The van der Waals surface area contributed by atoms with Crippen LogP contribution < -0.4 is 5.32 Å². The second-order valence-corrected chi connectivity index (χ2v) is 5.55. The Kier molecular flexibility index (Phi) is 5.51. The highest BCUT2D eigenvalue weighted by Crippen LogP contribution is 2.20. The molecule has 3 nitrogen and oxygen atoms in total. The van der Waals surface area contributed by atoms with Gasteiger partial charge < -0.3 is 10.4 Å². The third kappa shape index (κ3) is 4.40. The van der Waals surface area contributed by atoms with Gasteiger partial charge in [-0.1, -0.05) is 25.1 Å². The van der Waals surface area contributed by atoms with E-state index in [1.165, 1.54) is 11.8 Å². The number of amides is 1. The Hall–Kier alpha value is -1.000. The van der Waals surface area contributed by atoms with Crippen molar-refractivity contribution in [2.45, 2.75) is 26.0 Å². The van der Waals surface area contributed by atoms with Crippen LogP contribution in [-0.4, -0.2) is 28.6 Å². The van der Waals surface area contributed by atoms with Crippen molar-refractivity contribution in [3.8, 4) is 0 Å². The van der Waals surface area contributed by atoms with Gasteiger partial charge in [0.15, 0.2) is 0 Å². The smallest absolute Gasteiger partial charge is 0.234 e. The minimum Gasteiger partial charge on any atom is -0.395 e. The molecule has 17 heavy (non-hydrogen) atoms. The maximum Gasteiger partial charge on any atom is 0.234 e. The summed E-state index contributed by atoms with van der Waals surface area (Å²) in [5, 5.41) is 11.9. The van der Waals surface area contributed by atoms with E-state index in [-0.39, 0.29) is 17.8 Å². The molecule has 0 aliphatic rings. The average Bonchev–Trinajstić information content (AvgIpc) is 2.31. The molecule has 1 atom stereocenters. The van der Waals surface area contributed by atoms with Crippen LogP contribution >= 0.6 is 11.8 Å². The van der Waals surface area contributed by atoms with Crippen molar-refractivity contribution >= 4 is 23.4 Å². The van der Waals surface area contributed by atoms with Crippen LogP contribution in [0.5, 0.6) is 0 Å². The van der Waals surface area contributed by atoms with Crippen molar-refractivity contribution < 1.29 is 9.90 Å². The van der Waals surface area contributed by atoms with Crippen LogP contribution in [0, 0.1) is 13.8 Å². The molecular formula is C13H19NO2S. The molecule has 0 aliphatic heterocycles. The van der Waals surface area contributed by atoms with E-state index in [0.717, 1.165) is 16.8 Å². The lowest BCUT2D eigenvalue weighted by Crippen LogP contribution is -2.18. The Morgan fingerprint density at radius 3 is 2.53 bits per heavy atom. The number of aliphatic hydroxyl groups is 1. The predicted molar refractivity (Wildman–Crippen MR) is 73.6 cm³/mol. The number of benzene rings is 1. The number of hydrogen-bond acceptors (Lipinski definition) is 3. The quantitative estimate of drug-likeness (QED) is 0.847. The molecule has 0 fully saturated rings. The van der Waals surface area contributed by atoms with Gasteiger partial charge in [-0.3, -0.25) is 4.79 Å². The molecule has 0 bridgehead atoms. The molecule has 0 saturated carbocycles. The van der Waals surface area contributed by atoms with Gasteiger partial charge in [0.05, 0.1) is 12.4 Å². The van der Waals surface area contributed by atoms with E-state index in [1.807, 2.05) is 39.0 Å². The molecule has 0 aliphatic carbocycles. The van der Waals surface area contributed by atoms with Crippen LogP contribution in [-0.2, 0) is 4.79 Å². The number of aliphatic hydroxyl groups excluding tert-OH is 1. The van der Waals surface area contributed by atoms with Gasteiger partial charge in [-0.15, -0.1) is 11.8 Å². The molecule has 1 rings (SSSR count). The number of rotatable bonds is 5. The number of thioether (sulfide) groups is 1. The average molecular weight is 253 g/mol. The highest BCUT2D eigenvalue weighted by Gasteiger charge is 2.09. The Labute approximate surface area is 107 Å². The fourth-order valence-corrected chi connectivity index (χ4v) is 2.07. The molecule has 4 heteroatoms. The summed E-state index contributed by atoms with van der Waals surface area (Å²) in [5.74, 6) is 0.350. The fraction of sp³-hybridized carbons (Fsp3) is 0.462. The Balaban J connectivity index is 2.56. The SMILES string of the molecule is Cc1cccc(C)c1NC(=O)CSC(C)CO. The molecule has 0 spiro atoms. The molecule has 0 saturated heterocycles. The lowest BCUT2D eigenvalue weighted by Gasteiger charge is -2.12. The summed E-state index contributed by atoms with van der Waals surface area (Å²) in [4.78, 5) is 11.7. The van der Waals surface area contributed by atoms with E-state index in [9.17, 15) is 4.79 Å². The second-order valence-electron chi connectivity index (χ2n) is 4.12. The van der Waals surface area contributed by atoms with Crippen molar-refractivity contribution in [2.24, 2.45) is 0 Å². The first kappa shape index (κ1) is 14.1. The zero-order valence-electron chi connectivity index (χ0n) is 10.5. The van der Waals surface area contributed by atoms with Gasteiger partial charge in [0, 0.05) is 10.9 Å². The maximum atomic E-state index is 11.7. The zero-order valence-corrected chi connectivity index (χ0v) is 11.3. The number of carbonyl (C=O) groups is 1. The van der Waals surface area contributed by atoms with Gasteiger partial charge >= 0.3 is 0 Å². The molecule has 1 aromatic rings. The third-order valence-electron chi connectivity index (χ3n) is 2.50.